The number of ether oxygens (including phenoxy) is 1. The molecule has 0 aliphatic carbocycles. The Morgan fingerprint density at radius 2 is 1.92 bits per heavy atom. The number of benzene rings is 3. The van der Waals surface area contributed by atoms with Gasteiger partial charge in [0.05, 0.1) is 10.9 Å². The maximum Gasteiger partial charge on any atom is 0.310 e. The van der Waals surface area contributed by atoms with Gasteiger partial charge in [-0.25, -0.2) is 4.68 Å². The molecule has 4 aromatic rings. The average Bonchev–Trinajstić information content (AvgIpc) is 3.12. The normalized spacial score (nSPS) is 15.2. The van der Waals surface area contributed by atoms with Crippen molar-refractivity contribution in [3.8, 4) is 5.75 Å². The zero-order valence-electron chi connectivity index (χ0n) is 22.2. The largest absolute Gasteiger partial charge is 0.492 e. The lowest BCUT2D eigenvalue weighted by Crippen LogP contribution is -2.33. The van der Waals surface area contributed by atoms with E-state index in [0.29, 0.717) is 6.61 Å². The van der Waals surface area contributed by atoms with E-state index >= 15 is 0 Å². The van der Waals surface area contributed by atoms with Crippen LogP contribution in [0.1, 0.15) is 53.1 Å². The molecule has 1 atom stereocenters. The summed E-state index contributed by atoms with van der Waals surface area (Å²) >= 11 is 0. The number of carboxylic acid groups (broad SMARTS) is 1. The Hall–Kier alpha value is -3.71. The number of carboxylic acids is 1. The van der Waals surface area contributed by atoms with Crippen LogP contribution in [0.3, 0.4) is 0 Å². The standard InChI is InChI=1S/C30H34N4O3/c1-19-10-11-21(16-23(19)18-34-14-15-37-26-9-7-6-8-22(26)17-34)27(30(3,4)29(35)36)24-12-13-25-28(20(24)2)31-32-33(25)5/h6-13,16,27H,14-15,17-18H2,1-5H3,(H,35,36). The third-order valence-electron chi connectivity index (χ3n) is 7.80. The summed E-state index contributed by atoms with van der Waals surface area (Å²) < 4.78 is 7.71. The third kappa shape index (κ3) is 4.60. The highest BCUT2D eigenvalue weighted by Gasteiger charge is 2.40. The molecule has 0 spiro atoms. The molecule has 0 amide bonds. The molecule has 1 aromatic heterocycles. The van der Waals surface area contributed by atoms with Gasteiger partial charge >= 0.3 is 5.97 Å². The first-order chi connectivity index (χ1) is 17.7. The highest BCUT2D eigenvalue weighted by atomic mass is 16.5. The van der Waals surface area contributed by atoms with Crippen LogP contribution in [-0.4, -0.2) is 44.1 Å². The second kappa shape index (κ2) is 9.63. The Bertz CT molecular complexity index is 1470. The van der Waals surface area contributed by atoms with Gasteiger partial charge in [0.2, 0.25) is 0 Å². The molecule has 0 saturated heterocycles. The Morgan fingerprint density at radius 3 is 2.70 bits per heavy atom. The van der Waals surface area contributed by atoms with Crippen molar-refractivity contribution in [3.05, 3.63) is 88.0 Å². The second-order valence-electron chi connectivity index (χ2n) is 10.7. The molecule has 37 heavy (non-hydrogen) atoms. The Kier molecular flexibility index (Phi) is 6.50. The molecule has 7 nitrogen and oxygen atoms in total. The summed E-state index contributed by atoms with van der Waals surface area (Å²) in [5.74, 6) is -0.239. The Morgan fingerprint density at radius 1 is 1.14 bits per heavy atom. The van der Waals surface area contributed by atoms with Crippen LogP contribution in [0.5, 0.6) is 5.75 Å². The van der Waals surface area contributed by atoms with Crippen molar-refractivity contribution in [2.75, 3.05) is 13.2 Å². The van der Waals surface area contributed by atoms with Crippen LogP contribution in [0, 0.1) is 19.3 Å². The Balaban J connectivity index is 1.55. The van der Waals surface area contributed by atoms with Gasteiger partial charge in [0.15, 0.2) is 0 Å². The van der Waals surface area contributed by atoms with Crippen molar-refractivity contribution >= 4 is 17.0 Å². The Labute approximate surface area is 217 Å². The molecule has 0 saturated carbocycles. The van der Waals surface area contributed by atoms with Crippen molar-refractivity contribution in [2.24, 2.45) is 12.5 Å². The number of nitrogens with zero attached hydrogens (tertiary/aromatic N) is 4. The quantitative estimate of drug-likeness (QED) is 0.393. The van der Waals surface area contributed by atoms with Crippen LogP contribution in [0.25, 0.3) is 11.0 Å². The van der Waals surface area contributed by atoms with Crippen LogP contribution in [0.15, 0.2) is 54.6 Å². The first kappa shape index (κ1) is 25.0. The van der Waals surface area contributed by atoms with Gasteiger partial charge in [0.25, 0.3) is 0 Å². The average molecular weight is 499 g/mol. The lowest BCUT2D eigenvalue weighted by Gasteiger charge is -2.33. The minimum atomic E-state index is -1.04. The minimum Gasteiger partial charge on any atom is -0.492 e. The SMILES string of the molecule is Cc1ccc(C(c2ccc3c(nnn3C)c2C)C(C)(C)C(=O)O)cc1CN1CCOc2ccccc2C1. The van der Waals surface area contributed by atoms with Gasteiger partial charge < -0.3 is 9.84 Å². The molecule has 192 valence electrons. The lowest BCUT2D eigenvalue weighted by molar-refractivity contribution is -0.147. The summed E-state index contributed by atoms with van der Waals surface area (Å²) in [5.41, 5.74) is 7.19. The summed E-state index contributed by atoms with van der Waals surface area (Å²) in [5, 5.41) is 18.8. The predicted octanol–water partition coefficient (Wildman–Crippen LogP) is 5.22. The fourth-order valence-corrected chi connectivity index (χ4v) is 5.47. The monoisotopic (exact) mass is 498 g/mol. The number of aryl methyl sites for hydroxylation is 3. The van der Waals surface area contributed by atoms with Gasteiger partial charge in [-0.1, -0.05) is 47.7 Å². The number of aromatic nitrogens is 3. The van der Waals surface area contributed by atoms with Gasteiger partial charge in [-0.15, -0.1) is 5.10 Å². The van der Waals surface area contributed by atoms with E-state index in [1.165, 1.54) is 16.7 Å². The fraction of sp³-hybridized carbons (Fsp3) is 0.367. The summed E-state index contributed by atoms with van der Waals surface area (Å²) in [4.78, 5) is 15.0. The second-order valence-corrected chi connectivity index (χ2v) is 10.7. The number of rotatable bonds is 6. The molecule has 2 heterocycles. The molecular weight excluding hydrogens is 464 g/mol. The van der Waals surface area contributed by atoms with E-state index in [9.17, 15) is 9.90 Å². The topological polar surface area (TPSA) is 80.5 Å². The molecular formula is C30H34N4O3. The number of aliphatic carboxylic acids is 1. The van der Waals surface area contributed by atoms with Gasteiger partial charge in [-0.05, 0) is 67.6 Å². The lowest BCUT2D eigenvalue weighted by atomic mass is 9.69. The maximum atomic E-state index is 12.6. The first-order valence-corrected chi connectivity index (χ1v) is 12.7. The van der Waals surface area contributed by atoms with Gasteiger partial charge in [-0.2, -0.15) is 0 Å². The van der Waals surface area contributed by atoms with Crippen molar-refractivity contribution in [1.82, 2.24) is 19.9 Å². The van der Waals surface area contributed by atoms with Crippen LogP contribution in [0.2, 0.25) is 0 Å². The van der Waals surface area contributed by atoms with Crippen molar-refractivity contribution in [3.63, 3.8) is 0 Å². The zero-order valence-corrected chi connectivity index (χ0v) is 22.2. The number of hydrogen-bond donors (Lipinski definition) is 1. The highest BCUT2D eigenvalue weighted by molar-refractivity contribution is 5.81. The van der Waals surface area contributed by atoms with Crippen LogP contribution >= 0.6 is 0 Å². The van der Waals surface area contributed by atoms with Gasteiger partial charge in [0, 0.05) is 38.2 Å². The maximum absolute atomic E-state index is 12.6. The molecule has 1 unspecified atom stereocenters. The molecule has 1 N–H and O–H groups in total. The van der Waals surface area contributed by atoms with Crippen LogP contribution in [-0.2, 0) is 24.9 Å². The van der Waals surface area contributed by atoms with Crippen molar-refractivity contribution < 1.29 is 14.6 Å². The summed E-state index contributed by atoms with van der Waals surface area (Å²) in [6.45, 7) is 10.8. The minimum absolute atomic E-state index is 0.357. The van der Waals surface area contributed by atoms with Crippen LogP contribution < -0.4 is 4.74 Å². The zero-order chi connectivity index (χ0) is 26.3. The van der Waals surface area contributed by atoms with E-state index in [2.05, 4.69) is 46.4 Å². The molecule has 0 radical (unpaired) electrons. The molecule has 3 aromatic carbocycles. The van der Waals surface area contributed by atoms with E-state index in [1.807, 2.05) is 58.2 Å². The highest BCUT2D eigenvalue weighted by Crippen LogP contribution is 2.44. The van der Waals surface area contributed by atoms with Gasteiger partial charge in [-0.3, -0.25) is 9.69 Å². The van der Waals surface area contributed by atoms with E-state index in [-0.39, 0.29) is 5.92 Å². The summed E-state index contributed by atoms with van der Waals surface area (Å²) in [6.07, 6.45) is 0. The fourth-order valence-electron chi connectivity index (χ4n) is 5.47. The van der Waals surface area contributed by atoms with Crippen LogP contribution in [0.4, 0.5) is 0 Å². The van der Waals surface area contributed by atoms with Crippen molar-refractivity contribution in [1.29, 1.82) is 0 Å². The third-order valence-corrected chi connectivity index (χ3v) is 7.80. The number of para-hydroxylation sites is 1. The number of carbonyl (C=O) groups is 1. The molecule has 5 rings (SSSR count). The van der Waals surface area contributed by atoms with E-state index in [1.54, 1.807) is 4.68 Å². The summed E-state index contributed by atoms with van der Waals surface area (Å²) in [7, 11) is 1.87. The van der Waals surface area contributed by atoms with Gasteiger partial charge in [0.1, 0.15) is 17.9 Å². The molecule has 0 fully saturated rings. The number of hydrogen-bond acceptors (Lipinski definition) is 5. The number of fused-ring (bicyclic) bond motifs is 2. The smallest absolute Gasteiger partial charge is 0.310 e. The molecule has 1 aliphatic heterocycles. The molecule has 0 bridgehead atoms. The molecule has 1 aliphatic rings. The predicted molar refractivity (Wildman–Crippen MR) is 144 cm³/mol. The molecule has 7 heteroatoms. The summed E-state index contributed by atoms with van der Waals surface area (Å²) in [6, 6.07) is 18.6. The van der Waals surface area contributed by atoms with E-state index in [4.69, 9.17) is 4.74 Å². The van der Waals surface area contributed by atoms with E-state index < -0.39 is 11.4 Å². The van der Waals surface area contributed by atoms with E-state index in [0.717, 1.165) is 53.1 Å². The van der Waals surface area contributed by atoms with Crippen molar-refractivity contribution in [2.45, 2.75) is 46.7 Å². The first-order valence-electron chi connectivity index (χ1n) is 12.7.